The van der Waals surface area contributed by atoms with Crippen molar-refractivity contribution in [2.45, 2.75) is 31.1 Å². The van der Waals surface area contributed by atoms with E-state index in [0.717, 1.165) is 25.7 Å². The third-order valence-corrected chi connectivity index (χ3v) is 13.8. The largest absolute Gasteiger partial charge is 0.0622 e. The summed E-state index contributed by atoms with van der Waals surface area (Å²) in [6, 6.07) is 94.3. The molecule has 11 rings (SSSR count). The molecule has 1 aliphatic carbocycles. The Balaban J connectivity index is 1.04. The third-order valence-electron chi connectivity index (χ3n) is 13.8. The predicted molar refractivity (Wildman–Crippen MR) is 275 cm³/mol. The number of fused-ring (bicyclic) bond motifs is 3. The molecule has 0 aromatic heterocycles. The molecule has 0 heteroatoms. The van der Waals surface area contributed by atoms with Gasteiger partial charge in [0, 0.05) is 5.41 Å². The highest BCUT2D eigenvalue weighted by Crippen LogP contribution is 2.56. The summed E-state index contributed by atoms with van der Waals surface area (Å²) in [5.74, 6) is 0. The first-order valence-corrected chi connectivity index (χ1v) is 23.1. The molecular formula is C65H50. The highest BCUT2D eigenvalue weighted by atomic mass is 14.5. The van der Waals surface area contributed by atoms with Crippen LogP contribution in [0.1, 0.15) is 35.1 Å². The van der Waals surface area contributed by atoms with E-state index in [1.807, 2.05) is 0 Å². The fourth-order valence-electron chi connectivity index (χ4n) is 10.4. The van der Waals surface area contributed by atoms with Crippen molar-refractivity contribution in [3.05, 3.63) is 277 Å². The number of hydrogen-bond donors (Lipinski definition) is 0. The lowest BCUT2D eigenvalue weighted by Gasteiger charge is -2.33. The van der Waals surface area contributed by atoms with E-state index in [1.54, 1.807) is 0 Å². The van der Waals surface area contributed by atoms with Gasteiger partial charge in [0.1, 0.15) is 0 Å². The van der Waals surface area contributed by atoms with Crippen molar-refractivity contribution in [1.82, 2.24) is 0 Å². The van der Waals surface area contributed by atoms with E-state index in [4.69, 9.17) is 0 Å². The smallest absolute Gasteiger partial charge is 0.0222 e. The lowest BCUT2D eigenvalue weighted by Crippen LogP contribution is -2.27. The molecular weight excluding hydrogens is 781 g/mol. The van der Waals surface area contributed by atoms with E-state index in [9.17, 15) is 0 Å². The molecule has 0 atom stereocenters. The number of aryl methyl sites for hydroxylation is 2. The quantitative estimate of drug-likeness (QED) is 0.115. The van der Waals surface area contributed by atoms with E-state index in [1.165, 1.54) is 100 Å². The van der Waals surface area contributed by atoms with Crippen molar-refractivity contribution in [2.24, 2.45) is 0 Å². The van der Waals surface area contributed by atoms with Crippen LogP contribution in [-0.4, -0.2) is 0 Å². The van der Waals surface area contributed by atoms with E-state index in [-0.39, 0.29) is 5.41 Å². The van der Waals surface area contributed by atoms with Gasteiger partial charge < -0.3 is 0 Å². The molecule has 0 aliphatic heterocycles. The van der Waals surface area contributed by atoms with E-state index in [0.29, 0.717) is 0 Å². The molecule has 0 N–H and O–H groups in total. The van der Waals surface area contributed by atoms with Crippen molar-refractivity contribution >= 4 is 0 Å². The standard InChI is InChI=1S/C65H50/c1-5-17-47(18-6-1)41-43-65(44-42-48-19-7-2-8-20-48)63-45-55(59-27-15-13-25-57(59)53-33-29-51(30-34-53)49-21-9-3-10-22-49)37-39-61(63)62-40-38-56(46-64(62)65)60-28-16-14-26-58(60)54-35-31-52(32-36-54)50-23-11-4-12-24-50/h1-40,45-46H,41-44H2. The number of rotatable bonds is 12. The Bertz CT molecular complexity index is 2980. The van der Waals surface area contributed by atoms with Crippen LogP contribution in [0.3, 0.4) is 0 Å². The Morgan fingerprint density at radius 2 is 0.492 bits per heavy atom. The Morgan fingerprint density at radius 3 is 0.862 bits per heavy atom. The Hall–Kier alpha value is -7.80. The van der Waals surface area contributed by atoms with Crippen LogP contribution >= 0.6 is 0 Å². The summed E-state index contributed by atoms with van der Waals surface area (Å²) < 4.78 is 0. The highest BCUT2D eigenvalue weighted by molar-refractivity contribution is 5.91. The summed E-state index contributed by atoms with van der Waals surface area (Å²) in [5, 5.41) is 0. The van der Waals surface area contributed by atoms with Crippen molar-refractivity contribution in [1.29, 1.82) is 0 Å². The van der Waals surface area contributed by atoms with Crippen LogP contribution in [0.2, 0.25) is 0 Å². The molecule has 0 saturated heterocycles. The van der Waals surface area contributed by atoms with Crippen LogP contribution in [0.15, 0.2) is 255 Å². The number of benzene rings is 10. The minimum absolute atomic E-state index is 0.235. The van der Waals surface area contributed by atoms with Gasteiger partial charge in [0.25, 0.3) is 0 Å². The maximum absolute atomic E-state index is 2.56. The third kappa shape index (κ3) is 7.94. The minimum atomic E-state index is -0.235. The van der Waals surface area contributed by atoms with Crippen molar-refractivity contribution in [3.8, 4) is 77.9 Å². The maximum Gasteiger partial charge on any atom is 0.0222 e. The Kier molecular flexibility index (Phi) is 10.9. The Morgan fingerprint density at radius 1 is 0.215 bits per heavy atom. The molecule has 0 radical (unpaired) electrons. The molecule has 0 unspecified atom stereocenters. The summed E-state index contributed by atoms with van der Waals surface area (Å²) >= 11 is 0. The molecule has 0 spiro atoms. The van der Waals surface area contributed by atoms with Gasteiger partial charge in [0.15, 0.2) is 0 Å². The fraction of sp³-hybridized carbons (Fsp3) is 0.0769. The van der Waals surface area contributed by atoms with Crippen LogP contribution in [0, 0.1) is 0 Å². The van der Waals surface area contributed by atoms with E-state index >= 15 is 0 Å². The van der Waals surface area contributed by atoms with Gasteiger partial charge >= 0.3 is 0 Å². The van der Waals surface area contributed by atoms with Crippen LogP contribution in [0.25, 0.3) is 77.9 Å². The average molecular weight is 831 g/mol. The molecule has 10 aromatic carbocycles. The summed E-state index contributed by atoms with van der Waals surface area (Å²) in [4.78, 5) is 0. The lowest BCUT2D eigenvalue weighted by atomic mass is 9.69. The van der Waals surface area contributed by atoms with Gasteiger partial charge in [-0.15, -0.1) is 0 Å². The van der Waals surface area contributed by atoms with Crippen molar-refractivity contribution in [3.63, 3.8) is 0 Å². The van der Waals surface area contributed by atoms with Gasteiger partial charge in [0.2, 0.25) is 0 Å². The second kappa shape index (κ2) is 17.8. The van der Waals surface area contributed by atoms with Crippen molar-refractivity contribution < 1.29 is 0 Å². The molecule has 0 nitrogen and oxygen atoms in total. The second-order valence-corrected chi connectivity index (χ2v) is 17.6. The zero-order valence-corrected chi connectivity index (χ0v) is 36.6. The van der Waals surface area contributed by atoms with E-state index in [2.05, 4.69) is 255 Å². The summed E-state index contributed by atoms with van der Waals surface area (Å²) in [7, 11) is 0. The van der Waals surface area contributed by atoms with Gasteiger partial charge in [0.05, 0.1) is 0 Å². The zero-order valence-electron chi connectivity index (χ0n) is 36.6. The number of hydrogen-bond acceptors (Lipinski definition) is 0. The molecule has 0 fully saturated rings. The molecule has 65 heavy (non-hydrogen) atoms. The SMILES string of the molecule is c1ccc(CCC2(CCc3ccccc3)c3cc(-c4ccccc4-c4ccc(-c5ccccc5)cc4)ccc3-c3ccc(-c4ccccc4-c4ccc(-c5ccccc5)cc4)cc32)cc1. The van der Waals surface area contributed by atoms with Crippen LogP contribution in [0.5, 0.6) is 0 Å². The van der Waals surface area contributed by atoms with Crippen molar-refractivity contribution in [2.75, 3.05) is 0 Å². The summed E-state index contributed by atoms with van der Waals surface area (Å²) in [6.45, 7) is 0. The zero-order chi connectivity index (χ0) is 43.4. The average Bonchev–Trinajstić information content (AvgIpc) is 3.66. The monoisotopic (exact) mass is 830 g/mol. The first kappa shape index (κ1) is 40.0. The fourth-order valence-corrected chi connectivity index (χ4v) is 10.4. The Labute approximate surface area is 384 Å². The van der Waals surface area contributed by atoms with E-state index < -0.39 is 0 Å². The maximum atomic E-state index is 2.56. The van der Waals surface area contributed by atoms with Crippen LogP contribution < -0.4 is 0 Å². The molecule has 10 aromatic rings. The summed E-state index contributed by atoms with van der Waals surface area (Å²) in [5.41, 5.74) is 23.0. The second-order valence-electron chi connectivity index (χ2n) is 17.6. The summed E-state index contributed by atoms with van der Waals surface area (Å²) in [6.07, 6.45) is 3.97. The topological polar surface area (TPSA) is 0 Å². The molecule has 0 amide bonds. The van der Waals surface area contributed by atoms with Gasteiger partial charge in [-0.05, 0) is 138 Å². The molecule has 1 aliphatic rings. The van der Waals surface area contributed by atoms with Gasteiger partial charge in [-0.25, -0.2) is 0 Å². The molecule has 0 heterocycles. The van der Waals surface area contributed by atoms with Crippen LogP contribution in [-0.2, 0) is 18.3 Å². The first-order chi connectivity index (χ1) is 32.2. The minimum Gasteiger partial charge on any atom is -0.0622 e. The lowest BCUT2D eigenvalue weighted by molar-refractivity contribution is 0.446. The molecule has 0 bridgehead atoms. The normalized spacial score (nSPS) is 12.4. The highest BCUT2D eigenvalue weighted by Gasteiger charge is 2.43. The van der Waals surface area contributed by atoms with Gasteiger partial charge in [-0.2, -0.15) is 0 Å². The van der Waals surface area contributed by atoms with Crippen LogP contribution in [0.4, 0.5) is 0 Å². The first-order valence-electron chi connectivity index (χ1n) is 23.1. The van der Waals surface area contributed by atoms with Gasteiger partial charge in [-0.3, -0.25) is 0 Å². The predicted octanol–water partition coefficient (Wildman–Crippen LogP) is 17.2. The van der Waals surface area contributed by atoms with Gasteiger partial charge in [-0.1, -0.05) is 243 Å². The molecule has 310 valence electrons. The molecule has 0 saturated carbocycles.